The Bertz CT molecular complexity index is 416. The first-order valence-corrected chi connectivity index (χ1v) is 7.68. The van der Waals surface area contributed by atoms with Crippen LogP contribution in [0.25, 0.3) is 0 Å². The van der Waals surface area contributed by atoms with E-state index in [1.807, 2.05) is 38.1 Å². The molecule has 0 heterocycles. The van der Waals surface area contributed by atoms with Crippen molar-refractivity contribution in [3.05, 3.63) is 29.8 Å². The lowest BCUT2D eigenvalue weighted by atomic mass is 9.83. The van der Waals surface area contributed by atoms with Gasteiger partial charge < -0.3 is 15.2 Å². The largest absolute Gasteiger partial charge is 0.484 e. The molecule has 0 aliphatic heterocycles. The second kappa shape index (κ2) is 8.67. The van der Waals surface area contributed by atoms with Crippen molar-refractivity contribution in [3.63, 3.8) is 0 Å². The number of amides is 1. The number of carbonyl (C=O) groups excluding carboxylic acids is 1. The minimum Gasteiger partial charge on any atom is -0.484 e. The number of aliphatic hydroxyl groups excluding tert-OH is 1. The Kier molecular flexibility index (Phi) is 7.23. The average molecular weight is 293 g/mol. The highest BCUT2D eigenvalue weighted by Crippen LogP contribution is 2.24. The van der Waals surface area contributed by atoms with Crippen LogP contribution >= 0.6 is 0 Å². The monoisotopic (exact) mass is 293 g/mol. The van der Waals surface area contributed by atoms with Crippen LogP contribution in [0.2, 0.25) is 0 Å². The second-order valence-electron chi connectivity index (χ2n) is 5.43. The molecular weight excluding hydrogens is 266 g/mol. The van der Waals surface area contributed by atoms with Crippen LogP contribution in [-0.4, -0.2) is 30.8 Å². The Balaban J connectivity index is 2.39. The molecule has 0 atom stereocenters. The standard InChI is InChI=1S/C17H27NO3/c1-4-14-7-9-15(10-8-14)21-11-16(20)18-12-17(5-2,6-3)13-19/h7-10,19H,4-6,11-13H2,1-3H3,(H,18,20). The molecule has 0 saturated heterocycles. The molecule has 118 valence electrons. The molecule has 0 spiro atoms. The van der Waals surface area contributed by atoms with E-state index in [0.717, 1.165) is 19.3 Å². The van der Waals surface area contributed by atoms with Gasteiger partial charge in [-0.3, -0.25) is 4.79 Å². The van der Waals surface area contributed by atoms with E-state index in [0.29, 0.717) is 12.3 Å². The van der Waals surface area contributed by atoms with E-state index in [-0.39, 0.29) is 24.5 Å². The second-order valence-corrected chi connectivity index (χ2v) is 5.43. The third-order valence-corrected chi connectivity index (χ3v) is 4.20. The topological polar surface area (TPSA) is 58.6 Å². The summed E-state index contributed by atoms with van der Waals surface area (Å²) in [6.45, 7) is 6.71. The Morgan fingerprint density at radius 3 is 2.29 bits per heavy atom. The molecular formula is C17H27NO3. The molecule has 0 unspecified atom stereocenters. The zero-order valence-electron chi connectivity index (χ0n) is 13.3. The zero-order chi connectivity index (χ0) is 15.7. The molecule has 4 nitrogen and oxygen atoms in total. The first-order chi connectivity index (χ1) is 10.1. The number of ether oxygens (including phenoxy) is 1. The fourth-order valence-corrected chi connectivity index (χ4v) is 2.09. The highest BCUT2D eigenvalue weighted by atomic mass is 16.5. The summed E-state index contributed by atoms with van der Waals surface area (Å²) in [6, 6.07) is 7.75. The maximum Gasteiger partial charge on any atom is 0.257 e. The Morgan fingerprint density at radius 2 is 1.81 bits per heavy atom. The molecule has 0 saturated carbocycles. The summed E-state index contributed by atoms with van der Waals surface area (Å²) in [5.74, 6) is 0.538. The predicted octanol–water partition coefficient (Wildman–Crippen LogP) is 2.54. The number of aryl methyl sites for hydroxylation is 1. The van der Waals surface area contributed by atoms with Crippen molar-refractivity contribution in [2.75, 3.05) is 19.8 Å². The van der Waals surface area contributed by atoms with E-state index in [1.165, 1.54) is 5.56 Å². The molecule has 4 heteroatoms. The Morgan fingerprint density at radius 1 is 1.19 bits per heavy atom. The van der Waals surface area contributed by atoms with Crippen LogP contribution in [0.1, 0.15) is 39.2 Å². The fourth-order valence-electron chi connectivity index (χ4n) is 2.09. The molecule has 1 aromatic rings. The van der Waals surface area contributed by atoms with E-state index < -0.39 is 0 Å². The molecule has 2 N–H and O–H groups in total. The van der Waals surface area contributed by atoms with E-state index >= 15 is 0 Å². The maximum atomic E-state index is 11.8. The summed E-state index contributed by atoms with van der Waals surface area (Å²) in [5, 5.41) is 12.3. The molecule has 0 aliphatic rings. The number of rotatable bonds is 9. The van der Waals surface area contributed by atoms with Gasteiger partial charge in [-0.15, -0.1) is 0 Å². The van der Waals surface area contributed by atoms with Gasteiger partial charge in [-0.2, -0.15) is 0 Å². The molecule has 1 amide bonds. The average Bonchev–Trinajstić information content (AvgIpc) is 2.55. The van der Waals surface area contributed by atoms with Crippen molar-refractivity contribution in [3.8, 4) is 5.75 Å². The van der Waals surface area contributed by atoms with Gasteiger partial charge in [-0.05, 0) is 37.0 Å². The third-order valence-electron chi connectivity index (χ3n) is 4.20. The van der Waals surface area contributed by atoms with Gasteiger partial charge >= 0.3 is 0 Å². The van der Waals surface area contributed by atoms with Gasteiger partial charge in [-0.25, -0.2) is 0 Å². The van der Waals surface area contributed by atoms with Gasteiger partial charge in [-0.1, -0.05) is 32.9 Å². The molecule has 0 fully saturated rings. The summed E-state index contributed by atoms with van der Waals surface area (Å²) in [6.07, 6.45) is 2.65. The van der Waals surface area contributed by atoms with Crippen LogP contribution in [-0.2, 0) is 11.2 Å². The van der Waals surface area contributed by atoms with Crippen LogP contribution in [0, 0.1) is 5.41 Å². The molecule has 21 heavy (non-hydrogen) atoms. The van der Waals surface area contributed by atoms with Crippen LogP contribution < -0.4 is 10.1 Å². The number of carbonyl (C=O) groups is 1. The molecule has 1 rings (SSSR count). The lowest BCUT2D eigenvalue weighted by Gasteiger charge is -2.29. The Hall–Kier alpha value is -1.55. The van der Waals surface area contributed by atoms with Crippen molar-refractivity contribution >= 4 is 5.91 Å². The van der Waals surface area contributed by atoms with Crippen molar-refractivity contribution in [1.82, 2.24) is 5.32 Å². The van der Waals surface area contributed by atoms with Crippen molar-refractivity contribution in [2.24, 2.45) is 5.41 Å². The van der Waals surface area contributed by atoms with E-state index in [1.54, 1.807) is 0 Å². The molecule has 0 aromatic heterocycles. The smallest absolute Gasteiger partial charge is 0.257 e. The van der Waals surface area contributed by atoms with Crippen molar-refractivity contribution in [2.45, 2.75) is 40.0 Å². The third kappa shape index (κ3) is 5.38. The normalized spacial score (nSPS) is 11.2. The molecule has 0 radical (unpaired) electrons. The summed E-state index contributed by atoms with van der Waals surface area (Å²) >= 11 is 0. The van der Waals surface area contributed by atoms with Crippen LogP contribution in [0.3, 0.4) is 0 Å². The lowest BCUT2D eigenvalue weighted by molar-refractivity contribution is -0.123. The quantitative estimate of drug-likeness (QED) is 0.735. The van der Waals surface area contributed by atoms with Gasteiger partial charge in [0, 0.05) is 12.0 Å². The highest BCUT2D eigenvalue weighted by Gasteiger charge is 2.25. The highest BCUT2D eigenvalue weighted by molar-refractivity contribution is 5.77. The van der Waals surface area contributed by atoms with Crippen molar-refractivity contribution < 1.29 is 14.6 Å². The van der Waals surface area contributed by atoms with Gasteiger partial charge in [0.05, 0.1) is 6.61 Å². The van der Waals surface area contributed by atoms with Crippen LogP contribution in [0.15, 0.2) is 24.3 Å². The lowest BCUT2D eigenvalue weighted by Crippen LogP contribution is -2.41. The predicted molar refractivity (Wildman–Crippen MR) is 84.4 cm³/mol. The zero-order valence-corrected chi connectivity index (χ0v) is 13.3. The molecule has 1 aromatic carbocycles. The summed E-state index contributed by atoms with van der Waals surface area (Å²) in [4.78, 5) is 11.8. The van der Waals surface area contributed by atoms with Crippen LogP contribution in [0.5, 0.6) is 5.75 Å². The minimum atomic E-state index is -0.224. The number of hydrogen-bond donors (Lipinski definition) is 2. The van der Waals surface area contributed by atoms with Gasteiger partial charge in [0.2, 0.25) is 0 Å². The van der Waals surface area contributed by atoms with E-state index in [4.69, 9.17) is 4.74 Å². The van der Waals surface area contributed by atoms with Gasteiger partial charge in [0.15, 0.2) is 6.61 Å². The number of hydrogen-bond acceptors (Lipinski definition) is 3. The van der Waals surface area contributed by atoms with Crippen LogP contribution in [0.4, 0.5) is 0 Å². The summed E-state index contributed by atoms with van der Waals surface area (Å²) in [7, 11) is 0. The van der Waals surface area contributed by atoms with E-state index in [9.17, 15) is 9.90 Å². The number of benzene rings is 1. The summed E-state index contributed by atoms with van der Waals surface area (Å²) < 4.78 is 5.46. The van der Waals surface area contributed by atoms with Gasteiger partial charge in [0.25, 0.3) is 5.91 Å². The number of aliphatic hydroxyl groups is 1. The first-order valence-electron chi connectivity index (χ1n) is 7.68. The van der Waals surface area contributed by atoms with Gasteiger partial charge in [0.1, 0.15) is 5.75 Å². The SMILES string of the molecule is CCc1ccc(OCC(=O)NCC(CC)(CC)CO)cc1. The Labute approximate surface area is 127 Å². The van der Waals surface area contributed by atoms with E-state index in [2.05, 4.69) is 12.2 Å². The number of nitrogens with one attached hydrogen (secondary N) is 1. The fraction of sp³-hybridized carbons (Fsp3) is 0.588. The molecule has 0 aliphatic carbocycles. The summed E-state index contributed by atoms with van der Waals surface area (Å²) in [5.41, 5.74) is 1.02. The first kappa shape index (κ1) is 17.5. The molecule has 0 bridgehead atoms. The minimum absolute atomic E-state index is 0.000406. The maximum absolute atomic E-state index is 11.8. The van der Waals surface area contributed by atoms with Crippen molar-refractivity contribution in [1.29, 1.82) is 0 Å².